The van der Waals surface area contributed by atoms with Crippen LogP contribution < -0.4 is 21.3 Å². The van der Waals surface area contributed by atoms with Crippen molar-refractivity contribution in [1.29, 1.82) is 0 Å². The number of benzene rings is 1. The number of nitrogens with one attached hydrogen (secondary N) is 1. The molecule has 3 aromatic rings. The number of ether oxygens (including phenoxy) is 1. The van der Waals surface area contributed by atoms with E-state index in [1.807, 2.05) is 17.9 Å². The van der Waals surface area contributed by atoms with Crippen LogP contribution in [0.25, 0.3) is 11.2 Å². The predicted molar refractivity (Wildman–Crippen MR) is 120 cm³/mol. The molecule has 11 heteroatoms. The number of unbranched alkanes of at least 4 members (excludes halogenated alkanes) is 1. The first-order chi connectivity index (χ1) is 15.9. The van der Waals surface area contributed by atoms with Crippen LogP contribution in [0.3, 0.4) is 0 Å². The number of nitrogen functional groups attached to an aromatic ring is 1. The van der Waals surface area contributed by atoms with Crippen molar-refractivity contribution < 1.29 is 19.7 Å². The number of imidazole rings is 1. The van der Waals surface area contributed by atoms with E-state index in [-0.39, 0.29) is 30.5 Å². The molecule has 0 radical (unpaired) electrons. The number of aliphatic hydroxyl groups is 1. The number of H-pyrrole nitrogens is 1. The molecule has 0 saturated carbocycles. The zero-order valence-electron chi connectivity index (χ0n) is 18.6. The van der Waals surface area contributed by atoms with Gasteiger partial charge < -0.3 is 30.5 Å². The fourth-order valence-corrected chi connectivity index (χ4v) is 3.53. The van der Waals surface area contributed by atoms with E-state index in [1.165, 1.54) is 4.57 Å². The third-order valence-electron chi connectivity index (χ3n) is 5.16. The summed E-state index contributed by atoms with van der Waals surface area (Å²) in [6.07, 6.45) is 1.65. The maximum atomic E-state index is 12.6. The molecule has 0 unspecified atom stereocenters. The second-order valence-corrected chi connectivity index (χ2v) is 7.74. The average Bonchev–Trinajstić information content (AvgIpc) is 3.08. The lowest BCUT2D eigenvalue weighted by Gasteiger charge is -2.22. The minimum atomic E-state index is -1.14. The normalized spacial score (nSPS) is 11.4. The van der Waals surface area contributed by atoms with Crippen LogP contribution in [0.4, 0.5) is 5.82 Å². The summed E-state index contributed by atoms with van der Waals surface area (Å²) < 4.78 is 7.03. The third-order valence-corrected chi connectivity index (χ3v) is 5.16. The second-order valence-electron chi connectivity index (χ2n) is 7.74. The molecular weight excluding hydrogens is 428 g/mol. The summed E-state index contributed by atoms with van der Waals surface area (Å²) in [5.41, 5.74) is 7.88. The zero-order valence-corrected chi connectivity index (χ0v) is 18.6. The zero-order chi connectivity index (χ0) is 23.8. The Morgan fingerprint density at radius 1 is 1.30 bits per heavy atom. The first kappa shape index (κ1) is 24.2. The molecule has 0 aliphatic carbocycles. The molecule has 11 nitrogen and oxygen atoms in total. The van der Waals surface area contributed by atoms with Crippen LogP contribution in [-0.2, 0) is 24.3 Å². The summed E-state index contributed by atoms with van der Waals surface area (Å²) in [4.78, 5) is 36.6. The molecule has 4 N–H and O–H groups in total. The predicted octanol–water partition coefficient (Wildman–Crippen LogP) is -0.332. The number of aliphatic hydroxyl groups excluding tert-OH is 1. The van der Waals surface area contributed by atoms with Gasteiger partial charge in [0.2, 0.25) is 0 Å². The number of carbonyl (C=O) groups excluding carboxylic acids is 1. The highest BCUT2D eigenvalue weighted by molar-refractivity contribution is 5.81. The van der Waals surface area contributed by atoms with Crippen molar-refractivity contribution in [1.82, 2.24) is 24.4 Å². The maximum absolute atomic E-state index is 12.6. The number of nitrogens with zero attached hydrogens (tertiary/aromatic N) is 4. The molecule has 0 fully saturated rings. The Kier molecular flexibility index (Phi) is 8.39. The van der Waals surface area contributed by atoms with Gasteiger partial charge in [-0.05, 0) is 17.5 Å². The van der Waals surface area contributed by atoms with Crippen molar-refractivity contribution in [3.8, 4) is 6.01 Å². The molecule has 178 valence electrons. The van der Waals surface area contributed by atoms with Crippen molar-refractivity contribution in [2.75, 3.05) is 32.0 Å². The highest BCUT2D eigenvalue weighted by Crippen LogP contribution is 2.18. The average molecular weight is 458 g/mol. The van der Waals surface area contributed by atoms with Crippen molar-refractivity contribution >= 4 is 23.0 Å². The van der Waals surface area contributed by atoms with Crippen molar-refractivity contribution in [2.24, 2.45) is 0 Å². The molecule has 0 aliphatic heterocycles. The Morgan fingerprint density at radius 2 is 2.09 bits per heavy atom. The Labute approximate surface area is 190 Å². The summed E-state index contributed by atoms with van der Waals surface area (Å²) in [6, 6.07) is 7.32. The molecule has 0 atom stereocenters. The smallest absolute Gasteiger partial charge is 0.327 e. The van der Waals surface area contributed by atoms with Crippen LogP contribution >= 0.6 is 0 Å². The topological polar surface area (TPSA) is 162 Å². The van der Waals surface area contributed by atoms with Gasteiger partial charge in [0, 0.05) is 38.6 Å². The van der Waals surface area contributed by atoms with E-state index in [4.69, 9.17) is 10.5 Å². The van der Waals surface area contributed by atoms with Crippen molar-refractivity contribution in [3.63, 3.8) is 0 Å². The number of aromatic nitrogens is 4. The van der Waals surface area contributed by atoms with Gasteiger partial charge in [-0.15, -0.1) is 0 Å². The molecule has 0 bridgehead atoms. The monoisotopic (exact) mass is 457 g/mol. The lowest BCUT2D eigenvalue weighted by atomic mass is 10.1. The van der Waals surface area contributed by atoms with Gasteiger partial charge in [-0.25, -0.2) is 4.79 Å². The molecule has 2 heterocycles. The molecule has 33 heavy (non-hydrogen) atoms. The number of carboxylic acids is 1. The summed E-state index contributed by atoms with van der Waals surface area (Å²) in [7, 11) is 0. The van der Waals surface area contributed by atoms with E-state index in [0.717, 1.165) is 18.4 Å². The van der Waals surface area contributed by atoms with Gasteiger partial charge >= 0.3 is 11.7 Å². The standard InChI is InChI=1S/C22H30N6O5/c1-2-3-11-33-21-25-19(23)18-20(26-21)28(22(32)24-18)8-7-27(9-10-29)14-16-6-4-5-15(12-16)13-17(30)31/h4-6,12,29H,2-3,7-11,13-14H2,1H3,(H,24,32)(H,30,31)(H2,23,25,26)/p-1. The van der Waals surface area contributed by atoms with E-state index >= 15 is 0 Å². The van der Waals surface area contributed by atoms with Gasteiger partial charge in [0.15, 0.2) is 11.5 Å². The molecule has 0 spiro atoms. The summed E-state index contributed by atoms with van der Waals surface area (Å²) in [6.45, 7) is 4.02. The van der Waals surface area contributed by atoms with Crippen molar-refractivity contribution in [3.05, 3.63) is 45.9 Å². The first-order valence-corrected chi connectivity index (χ1v) is 10.9. The lowest BCUT2D eigenvalue weighted by molar-refractivity contribution is -0.304. The molecule has 0 aliphatic rings. The third kappa shape index (κ3) is 6.53. The fraction of sp³-hybridized carbons (Fsp3) is 0.455. The van der Waals surface area contributed by atoms with Gasteiger partial charge in [-0.2, -0.15) is 9.97 Å². The summed E-state index contributed by atoms with van der Waals surface area (Å²) in [5.74, 6) is -1.00. The van der Waals surface area contributed by atoms with Crippen LogP contribution in [0.1, 0.15) is 30.9 Å². The van der Waals surface area contributed by atoms with Crippen LogP contribution in [0.15, 0.2) is 29.1 Å². The minimum Gasteiger partial charge on any atom is -0.550 e. The van der Waals surface area contributed by atoms with Gasteiger partial charge in [0.05, 0.1) is 13.2 Å². The number of hydrogen-bond acceptors (Lipinski definition) is 9. The number of aromatic amines is 1. The van der Waals surface area contributed by atoms with Gasteiger partial charge in [0.1, 0.15) is 5.52 Å². The number of fused-ring (bicyclic) bond motifs is 1. The summed E-state index contributed by atoms with van der Waals surface area (Å²) in [5, 5.41) is 20.4. The summed E-state index contributed by atoms with van der Waals surface area (Å²) >= 11 is 0. The van der Waals surface area contributed by atoms with Gasteiger partial charge in [-0.3, -0.25) is 9.47 Å². The van der Waals surface area contributed by atoms with Gasteiger partial charge in [0.25, 0.3) is 0 Å². The fourth-order valence-electron chi connectivity index (χ4n) is 3.53. The number of anilines is 1. The van der Waals surface area contributed by atoms with E-state index in [0.29, 0.717) is 49.5 Å². The van der Waals surface area contributed by atoms with Crippen LogP contribution in [0, 0.1) is 0 Å². The Bertz CT molecular complexity index is 1140. The second kappa shape index (κ2) is 11.4. The Morgan fingerprint density at radius 3 is 2.82 bits per heavy atom. The van der Waals surface area contributed by atoms with E-state index in [9.17, 15) is 19.8 Å². The SMILES string of the molecule is CCCCOc1nc(N)c2[nH]c(=O)n(CCN(CCO)Cc3cccc(CC(=O)[O-])c3)c2n1. The minimum absolute atomic E-state index is 0.0634. The number of hydrogen-bond donors (Lipinski definition) is 3. The first-order valence-electron chi connectivity index (χ1n) is 10.9. The number of carbonyl (C=O) groups is 1. The van der Waals surface area contributed by atoms with Crippen LogP contribution in [-0.4, -0.2) is 61.8 Å². The molecule has 0 saturated heterocycles. The number of aliphatic carboxylic acids is 1. The van der Waals surface area contributed by atoms with Gasteiger partial charge in [-0.1, -0.05) is 37.6 Å². The largest absolute Gasteiger partial charge is 0.550 e. The van der Waals surface area contributed by atoms with E-state index in [1.54, 1.807) is 18.2 Å². The number of rotatable bonds is 13. The van der Waals surface area contributed by atoms with E-state index < -0.39 is 5.97 Å². The molecule has 3 rings (SSSR count). The Balaban J connectivity index is 1.76. The van der Waals surface area contributed by atoms with E-state index in [2.05, 4.69) is 15.0 Å². The Hall–Kier alpha value is -3.44. The lowest BCUT2D eigenvalue weighted by Crippen LogP contribution is -2.32. The molecule has 1 aromatic carbocycles. The molecule has 2 aromatic heterocycles. The number of nitrogens with two attached hydrogens (primary N) is 1. The quantitative estimate of drug-likeness (QED) is 0.292. The van der Waals surface area contributed by atoms with Crippen LogP contribution in [0.2, 0.25) is 0 Å². The number of carboxylic acid groups (broad SMARTS) is 1. The highest BCUT2D eigenvalue weighted by atomic mass is 16.5. The van der Waals surface area contributed by atoms with Crippen molar-refractivity contribution in [2.45, 2.75) is 39.3 Å². The highest BCUT2D eigenvalue weighted by Gasteiger charge is 2.16. The molecule has 0 amide bonds. The maximum Gasteiger partial charge on any atom is 0.327 e. The van der Waals surface area contributed by atoms with Crippen LogP contribution in [0.5, 0.6) is 6.01 Å². The molecular formula is C22H29N6O5-.